The van der Waals surface area contributed by atoms with E-state index in [9.17, 15) is 13.2 Å². The Bertz CT molecular complexity index is 1130. The van der Waals surface area contributed by atoms with Crippen molar-refractivity contribution in [1.29, 1.82) is 0 Å². The number of rotatable bonds is 2. The highest BCUT2D eigenvalue weighted by Crippen LogP contribution is 2.29. The van der Waals surface area contributed by atoms with Crippen molar-refractivity contribution < 1.29 is 13.2 Å². The van der Waals surface area contributed by atoms with Crippen molar-refractivity contribution in [2.24, 2.45) is 0 Å². The minimum atomic E-state index is -0.998. The van der Waals surface area contributed by atoms with Gasteiger partial charge in [-0.15, -0.1) is 0 Å². The third kappa shape index (κ3) is 2.83. The Morgan fingerprint density at radius 2 is 1.42 bits per heavy atom. The number of fused-ring (bicyclic) bond motifs is 1. The second-order valence-electron chi connectivity index (χ2n) is 5.63. The van der Waals surface area contributed by atoms with Crippen LogP contribution in [-0.2, 0) is 0 Å². The van der Waals surface area contributed by atoms with Crippen LogP contribution in [0, 0.1) is 17.5 Å². The first-order chi connectivity index (χ1) is 12.5. The lowest BCUT2D eigenvalue weighted by Crippen LogP contribution is -2.00. The molecule has 2 heterocycles. The lowest BCUT2D eigenvalue weighted by Gasteiger charge is -2.09. The van der Waals surface area contributed by atoms with Gasteiger partial charge in [0, 0.05) is 11.1 Å². The Balaban J connectivity index is 1.95. The third-order valence-electron chi connectivity index (χ3n) is 3.89. The molecule has 4 aromatic rings. The second-order valence-corrected chi connectivity index (χ2v) is 5.63. The second kappa shape index (κ2) is 6.11. The molecule has 0 radical (unpaired) electrons. The molecule has 0 atom stereocenters. The number of benzene rings is 2. The highest BCUT2D eigenvalue weighted by Gasteiger charge is 2.14. The van der Waals surface area contributed by atoms with Gasteiger partial charge >= 0.3 is 0 Å². The summed E-state index contributed by atoms with van der Waals surface area (Å²) in [6.45, 7) is 0. The molecular weight excluding hydrogens is 341 g/mol. The number of nitrogens with two attached hydrogens (primary N) is 1. The molecule has 0 aliphatic heterocycles. The average molecular weight is 352 g/mol. The molecular formula is C19H11F3N4. The lowest BCUT2D eigenvalue weighted by atomic mass is 10.1. The highest BCUT2D eigenvalue weighted by atomic mass is 19.2. The first kappa shape index (κ1) is 16.0. The van der Waals surface area contributed by atoms with Crippen LogP contribution in [-0.4, -0.2) is 15.0 Å². The van der Waals surface area contributed by atoms with Crippen LogP contribution in [0.2, 0.25) is 0 Å². The molecule has 26 heavy (non-hydrogen) atoms. The Morgan fingerprint density at radius 3 is 2.15 bits per heavy atom. The van der Waals surface area contributed by atoms with Crippen molar-refractivity contribution in [1.82, 2.24) is 15.0 Å². The first-order valence-corrected chi connectivity index (χ1v) is 7.67. The van der Waals surface area contributed by atoms with Crippen LogP contribution in [0.1, 0.15) is 0 Å². The summed E-state index contributed by atoms with van der Waals surface area (Å²) < 4.78 is 40.0. The normalized spacial score (nSPS) is 11.0. The Hall–Kier alpha value is -3.48. The van der Waals surface area contributed by atoms with Crippen LogP contribution < -0.4 is 5.73 Å². The van der Waals surface area contributed by atoms with E-state index in [-0.39, 0.29) is 17.5 Å². The number of hydrogen-bond acceptors (Lipinski definition) is 4. The fraction of sp³-hybridized carbons (Fsp3) is 0. The summed E-state index contributed by atoms with van der Waals surface area (Å²) in [6.07, 6.45) is 0. The van der Waals surface area contributed by atoms with E-state index in [1.165, 1.54) is 18.2 Å². The molecule has 0 aliphatic carbocycles. The van der Waals surface area contributed by atoms with Crippen LogP contribution in [0.15, 0.2) is 54.6 Å². The van der Waals surface area contributed by atoms with Gasteiger partial charge in [0.15, 0.2) is 11.6 Å². The van der Waals surface area contributed by atoms with Crippen LogP contribution in [0.25, 0.3) is 33.5 Å². The van der Waals surface area contributed by atoms with Gasteiger partial charge in [-0.2, -0.15) is 0 Å². The fourth-order valence-corrected chi connectivity index (χ4v) is 2.66. The van der Waals surface area contributed by atoms with Crippen molar-refractivity contribution in [3.8, 4) is 22.5 Å². The highest BCUT2D eigenvalue weighted by molar-refractivity contribution is 5.91. The molecule has 7 heteroatoms. The largest absolute Gasteiger partial charge is 0.368 e. The minimum Gasteiger partial charge on any atom is -0.368 e. The molecule has 2 aromatic carbocycles. The van der Waals surface area contributed by atoms with Crippen LogP contribution in [0.4, 0.5) is 19.1 Å². The Morgan fingerprint density at radius 1 is 0.692 bits per heavy atom. The van der Waals surface area contributed by atoms with Gasteiger partial charge in [-0.1, -0.05) is 0 Å². The van der Waals surface area contributed by atoms with Crippen LogP contribution >= 0.6 is 0 Å². The zero-order chi connectivity index (χ0) is 18.3. The summed E-state index contributed by atoms with van der Waals surface area (Å²) in [7, 11) is 0. The van der Waals surface area contributed by atoms with Crippen molar-refractivity contribution in [3.63, 3.8) is 0 Å². The topological polar surface area (TPSA) is 64.7 Å². The standard InChI is InChI=1S/C19H11F3N4/c20-12-4-1-10(2-5-12)15-7-8-16-18(24-15)17(26-19(23)25-16)11-3-6-13(21)14(22)9-11/h1-9H,(H2,23,25,26). The van der Waals surface area contributed by atoms with Gasteiger partial charge in [0.25, 0.3) is 0 Å². The zero-order valence-corrected chi connectivity index (χ0v) is 13.2. The number of pyridine rings is 1. The molecule has 0 unspecified atom stereocenters. The number of hydrogen-bond donors (Lipinski definition) is 1. The predicted molar refractivity (Wildman–Crippen MR) is 92.5 cm³/mol. The van der Waals surface area contributed by atoms with Gasteiger partial charge < -0.3 is 5.73 Å². The van der Waals surface area contributed by atoms with E-state index in [0.717, 1.165) is 12.1 Å². The van der Waals surface area contributed by atoms with Gasteiger partial charge in [0.2, 0.25) is 5.95 Å². The summed E-state index contributed by atoms with van der Waals surface area (Å²) in [5.41, 5.74) is 8.45. The molecule has 0 amide bonds. The summed E-state index contributed by atoms with van der Waals surface area (Å²) >= 11 is 0. The summed E-state index contributed by atoms with van der Waals surface area (Å²) in [6, 6.07) is 12.7. The Kier molecular flexibility index (Phi) is 3.76. The molecule has 4 nitrogen and oxygen atoms in total. The SMILES string of the molecule is Nc1nc(-c2ccc(F)c(F)c2)c2nc(-c3ccc(F)cc3)ccc2n1. The number of nitrogens with zero attached hydrogens (tertiary/aromatic N) is 3. The first-order valence-electron chi connectivity index (χ1n) is 7.67. The smallest absolute Gasteiger partial charge is 0.221 e. The number of nitrogen functional groups attached to an aromatic ring is 1. The molecule has 0 bridgehead atoms. The van der Waals surface area contributed by atoms with Gasteiger partial charge in [0.1, 0.15) is 17.0 Å². The molecule has 0 aliphatic rings. The molecule has 2 N–H and O–H groups in total. The maximum absolute atomic E-state index is 13.6. The van der Waals surface area contributed by atoms with E-state index < -0.39 is 11.6 Å². The summed E-state index contributed by atoms with van der Waals surface area (Å²) in [5.74, 6) is -2.32. The average Bonchev–Trinajstić information content (AvgIpc) is 2.63. The molecule has 0 saturated heterocycles. The lowest BCUT2D eigenvalue weighted by molar-refractivity contribution is 0.509. The van der Waals surface area contributed by atoms with Crippen LogP contribution in [0.3, 0.4) is 0 Å². The summed E-state index contributed by atoms with van der Waals surface area (Å²) in [5, 5.41) is 0. The van der Waals surface area contributed by atoms with E-state index in [0.29, 0.717) is 27.9 Å². The van der Waals surface area contributed by atoms with E-state index in [4.69, 9.17) is 5.73 Å². The zero-order valence-electron chi connectivity index (χ0n) is 13.2. The van der Waals surface area contributed by atoms with Crippen molar-refractivity contribution >= 4 is 17.0 Å². The number of anilines is 1. The van der Waals surface area contributed by atoms with Gasteiger partial charge in [-0.05, 0) is 54.6 Å². The van der Waals surface area contributed by atoms with Crippen molar-refractivity contribution in [2.75, 3.05) is 5.73 Å². The fourth-order valence-electron chi connectivity index (χ4n) is 2.66. The van der Waals surface area contributed by atoms with E-state index in [2.05, 4.69) is 15.0 Å². The maximum atomic E-state index is 13.6. The third-order valence-corrected chi connectivity index (χ3v) is 3.89. The molecule has 4 rings (SSSR count). The molecule has 2 aromatic heterocycles. The van der Waals surface area contributed by atoms with E-state index >= 15 is 0 Å². The van der Waals surface area contributed by atoms with Gasteiger partial charge in [-0.25, -0.2) is 28.1 Å². The molecule has 128 valence electrons. The molecule has 0 spiro atoms. The Labute approximate surface area is 146 Å². The van der Waals surface area contributed by atoms with Crippen molar-refractivity contribution in [3.05, 3.63) is 72.0 Å². The maximum Gasteiger partial charge on any atom is 0.221 e. The minimum absolute atomic E-state index is 0.00596. The summed E-state index contributed by atoms with van der Waals surface area (Å²) in [4.78, 5) is 12.8. The predicted octanol–water partition coefficient (Wildman–Crippen LogP) is 4.36. The van der Waals surface area contributed by atoms with E-state index in [1.54, 1.807) is 24.3 Å². The number of aromatic nitrogens is 3. The molecule has 0 fully saturated rings. The monoisotopic (exact) mass is 352 g/mol. The number of halogens is 3. The van der Waals surface area contributed by atoms with Crippen molar-refractivity contribution in [2.45, 2.75) is 0 Å². The molecule has 0 saturated carbocycles. The quantitative estimate of drug-likeness (QED) is 0.582. The van der Waals surface area contributed by atoms with Gasteiger partial charge in [0.05, 0.1) is 11.2 Å². The van der Waals surface area contributed by atoms with E-state index in [1.807, 2.05) is 0 Å². The van der Waals surface area contributed by atoms with Gasteiger partial charge in [-0.3, -0.25) is 0 Å². The van der Waals surface area contributed by atoms with Crippen LogP contribution in [0.5, 0.6) is 0 Å².